The molecular weight excluding hydrogens is 312 g/mol. The molecule has 0 aromatic carbocycles. The fraction of sp³-hybridized carbons (Fsp3) is 0.615. The van der Waals surface area contributed by atoms with Gasteiger partial charge in [0.1, 0.15) is 0 Å². The maximum Gasteiger partial charge on any atom is 0.329 e. The maximum atomic E-state index is 12.1. The summed E-state index contributed by atoms with van der Waals surface area (Å²) in [7, 11) is 1.61. The van der Waals surface area contributed by atoms with E-state index >= 15 is 0 Å². The molecule has 2 aromatic rings. The van der Waals surface area contributed by atoms with E-state index in [-0.39, 0.29) is 5.56 Å². The number of H-pyrrole nitrogens is 1. The smallest absolute Gasteiger partial charge is 0.313 e. The summed E-state index contributed by atoms with van der Waals surface area (Å²) in [5.74, 6) is 1.73. The van der Waals surface area contributed by atoms with Crippen LogP contribution in [0.4, 0.5) is 0 Å². The van der Waals surface area contributed by atoms with E-state index in [0.29, 0.717) is 35.3 Å². The third-order valence-electron chi connectivity index (χ3n) is 3.21. The molecule has 0 aliphatic carbocycles. The van der Waals surface area contributed by atoms with Gasteiger partial charge in [0.05, 0.1) is 0 Å². The van der Waals surface area contributed by atoms with Gasteiger partial charge in [-0.25, -0.2) is 9.78 Å². The van der Waals surface area contributed by atoms with Crippen molar-refractivity contribution in [1.29, 1.82) is 0 Å². The Bertz CT molecular complexity index is 747. The van der Waals surface area contributed by atoms with Crippen LogP contribution in [0, 0.1) is 5.92 Å². The van der Waals surface area contributed by atoms with Gasteiger partial charge in [0.15, 0.2) is 16.3 Å². The van der Waals surface area contributed by atoms with Crippen molar-refractivity contribution in [3.8, 4) is 0 Å². The summed E-state index contributed by atoms with van der Waals surface area (Å²) >= 11 is 7.24. The van der Waals surface area contributed by atoms with Crippen molar-refractivity contribution in [2.24, 2.45) is 13.0 Å². The highest BCUT2D eigenvalue weighted by Crippen LogP contribution is 2.22. The summed E-state index contributed by atoms with van der Waals surface area (Å²) in [6, 6.07) is 0. The molecular formula is C13H19ClN4O2S. The number of nitrogens with one attached hydrogen (secondary N) is 1. The Balaban J connectivity index is 2.62. The number of aryl methyl sites for hydroxylation is 2. The standard InChI is InChI=1S/C13H19ClN4O2S/c1-8(2)4-6-18-9-10(15-13(18)21-7-5-14)17(3)12(20)16-11(9)19/h8H,4-7H2,1-3H3,(H,16,19,20). The number of fused-ring (bicyclic) bond motifs is 1. The van der Waals surface area contributed by atoms with Crippen LogP contribution in [-0.4, -0.2) is 30.7 Å². The van der Waals surface area contributed by atoms with Gasteiger partial charge in [-0.2, -0.15) is 0 Å². The van der Waals surface area contributed by atoms with Gasteiger partial charge >= 0.3 is 5.69 Å². The lowest BCUT2D eigenvalue weighted by atomic mass is 10.1. The third-order valence-corrected chi connectivity index (χ3v) is 4.60. The number of halogens is 1. The molecule has 0 radical (unpaired) electrons. The number of imidazole rings is 1. The van der Waals surface area contributed by atoms with Crippen LogP contribution in [0.25, 0.3) is 11.2 Å². The molecule has 21 heavy (non-hydrogen) atoms. The van der Waals surface area contributed by atoms with Gasteiger partial charge in [0.25, 0.3) is 5.56 Å². The van der Waals surface area contributed by atoms with Crippen LogP contribution in [-0.2, 0) is 13.6 Å². The summed E-state index contributed by atoms with van der Waals surface area (Å²) in [4.78, 5) is 30.6. The minimum Gasteiger partial charge on any atom is -0.313 e. The van der Waals surface area contributed by atoms with Gasteiger partial charge in [-0.15, -0.1) is 11.6 Å². The number of hydrogen-bond donors (Lipinski definition) is 1. The van der Waals surface area contributed by atoms with E-state index in [0.717, 1.165) is 11.6 Å². The van der Waals surface area contributed by atoms with Crippen molar-refractivity contribution in [1.82, 2.24) is 19.1 Å². The van der Waals surface area contributed by atoms with Crippen molar-refractivity contribution in [3.63, 3.8) is 0 Å². The van der Waals surface area contributed by atoms with Crippen LogP contribution in [0.15, 0.2) is 14.7 Å². The number of aromatic amines is 1. The second-order valence-electron chi connectivity index (χ2n) is 5.26. The van der Waals surface area contributed by atoms with Crippen molar-refractivity contribution in [3.05, 3.63) is 20.8 Å². The lowest BCUT2D eigenvalue weighted by Crippen LogP contribution is -2.29. The highest BCUT2D eigenvalue weighted by molar-refractivity contribution is 7.99. The Labute approximate surface area is 131 Å². The quantitative estimate of drug-likeness (QED) is 0.647. The first-order valence-corrected chi connectivity index (χ1v) is 8.36. The average Bonchev–Trinajstić information content (AvgIpc) is 2.79. The largest absolute Gasteiger partial charge is 0.329 e. The number of aromatic nitrogens is 4. The molecule has 0 aliphatic rings. The SMILES string of the molecule is CC(C)CCn1c(SCCCl)nc2c1c(=O)[nH]c(=O)n2C. The second kappa shape index (κ2) is 6.70. The molecule has 0 unspecified atom stereocenters. The maximum absolute atomic E-state index is 12.1. The van der Waals surface area contributed by atoms with E-state index in [1.54, 1.807) is 7.05 Å². The van der Waals surface area contributed by atoms with E-state index in [1.807, 2.05) is 4.57 Å². The molecule has 2 rings (SSSR count). The molecule has 116 valence electrons. The summed E-state index contributed by atoms with van der Waals surface area (Å²) in [6.45, 7) is 4.95. The summed E-state index contributed by atoms with van der Waals surface area (Å²) in [5.41, 5.74) is 0.0383. The minimum atomic E-state index is -0.449. The van der Waals surface area contributed by atoms with Crippen molar-refractivity contribution in [2.45, 2.75) is 32.0 Å². The molecule has 0 bridgehead atoms. The topological polar surface area (TPSA) is 72.7 Å². The highest BCUT2D eigenvalue weighted by Gasteiger charge is 2.17. The molecule has 0 spiro atoms. The molecule has 6 nitrogen and oxygen atoms in total. The molecule has 2 aromatic heterocycles. The second-order valence-corrected chi connectivity index (χ2v) is 6.70. The van der Waals surface area contributed by atoms with Gasteiger partial charge in [-0.3, -0.25) is 14.3 Å². The number of rotatable bonds is 6. The van der Waals surface area contributed by atoms with Crippen LogP contribution in [0.3, 0.4) is 0 Å². The molecule has 0 amide bonds. The Hall–Kier alpha value is -1.21. The molecule has 0 atom stereocenters. The zero-order valence-electron chi connectivity index (χ0n) is 12.4. The van der Waals surface area contributed by atoms with E-state index < -0.39 is 5.69 Å². The zero-order valence-corrected chi connectivity index (χ0v) is 13.9. The number of nitrogens with zero attached hydrogens (tertiary/aromatic N) is 3. The predicted octanol–water partition coefficient (Wildman–Crippen LogP) is 1.80. The molecule has 1 N–H and O–H groups in total. The Morgan fingerprint density at radius 3 is 2.71 bits per heavy atom. The van der Waals surface area contributed by atoms with Crippen LogP contribution in [0.1, 0.15) is 20.3 Å². The first-order chi connectivity index (χ1) is 9.95. The van der Waals surface area contributed by atoms with Crippen LogP contribution < -0.4 is 11.2 Å². The van der Waals surface area contributed by atoms with Gasteiger partial charge in [-0.1, -0.05) is 25.6 Å². The van der Waals surface area contributed by atoms with Crippen molar-refractivity contribution < 1.29 is 0 Å². The predicted molar refractivity (Wildman–Crippen MR) is 86.5 cm³/mol. The number of hydrogen-bond acceptors (Lipinski definition) is 4. The minimum absolute atomic E-state index is 0.387. The average molecular weight is 331 g/mol. The van der Waals surface area contributed by atoms with Crippen LogP contribution >= 0.6 is 23.4 Å². The molecule has 8 heteroatoms. The summed E-state index contributed by atoms with van der Waals surface area (Å²) in [6.07, 6.45) is 0.933. The molecule has 2 heterocycles. The zero-order chi connectivity index (χ0) is 15.6. The lowest BCUT2D eigenvalue weighted by Gasteiger charge is -2.09. The van der Waals surface area contributed by atoms with Gasteiger partial charge in [-0.05, 0) is 12.3 Å². The summed E-state index contributed by atoms with van der Waals surface area (Å²) < 4.78 is 3.26. The van der Waals surface area contributed by atoms with E-state index in [2.05, 4.69) is 23.8 Å². The van der Waals surface area contributed by atoms with Gasteiger partial charge in [0.2, 0.25) is 0 Å². The number of thioether (sulfide) groups is 1. The normalized spacial score (nSPS) is 11.7. The highest BCUT2D eigenvalue weighted by atomic mass is 35.5. The number of alkyl halides is 1. The fourth-order valence-electron chi connectivity index (χ4n) is 2.05. The third kappa shape index (κ3) is 3.35. The van der Waals surface area contributed by atoms with Crippen molar-refractivity contribution in [2.75, 3.05) is 11.6 Å². The van der Waals surface area contributed by atoms with E-state index in [9.17, 15) is 9.59 Å². The van der Waals surface area contributed by atoms with Crippen LogP contribution in [0.5, 0.6) is 0 Å². The Kier molecular flexibility index (Phi) is 5.16. The van der Waals surface area contributed by atoms with Gasteiger partial charge in [0, 0.05) is 25.2 Å². The molecule has 0 fully saturated rings. The molecule has 0 saturated carbocycles. The van der Waals surface area contributed by atoms with E-state index in [1.165, 1.54) is 16.3 Å². The molecule has 0 saturated heterocycles. The fourth-order valence-corrected chi connectivity index (χ4v) is 3.03. The van der Waals surface area contributed by atoms with E-state index in [4.69, 9.17) is 11.6 Å². The molecule has 0 aliphatic heterocycles. The monoisotopic (exact) mass is 330 g/mol. The Morgan fingerprint density at radius 1 is 1.38 bits per heavy atom. The van der Waals surface area contributed by atoms with Crippen molar-refractivity contribution >= 4 is 34.5 Å². The lowest BCUT2D eigenvalue weighted by molar-refractivity contribution is 0.503. The van der Waals surface area contributed by atoms with Crippen LogP contribution in [0.2, 0.25) is 0 Å². The Morgan fingerprint density at radius 2 is 2.10 bits per heavy atom. The first kappa shape index (κ1) is 16.2. The van der Waals surface area contributed by atoms with Gasteiger partial charge < -0.3 is 4.57 Å². The first-order valence-electron chi connectivity index (χ1n) is 6.84. The summed E-state index contributed by atoms with van der Waals surface area (Å²) in [5, 5.41) is 0.734.